The van der Waals surface area contributed by atoms with Crippen LogP contribution in [0.5, 0.6) is 0 Å². The predicted molar refractivity (Wildman–Crippen MR) is 91.2 cm³/mol. The lowest BCUT2D eigenvalue weighted by molar-refractivity contribution is -0.143. The Bertz CT molecular complexity index is 683. The highest BCUT2D eigenvalue weighted by Gasteiger charge is 2.54. The lowest BCUT2D eigenvalue weighted by atomic mass is 9.66. The molecule has 5 nitrogen and oxygen atoms in total. The van der Waals surface area contributed by atoms with Gasteiger partial charge in [0.05, 0.1) is 29.8 Å². The molecule has 0 aromatic heterocycles. The molecule has 1 aliphatic heterocycles. The molecule has 1 aliphatic rings. The number of hydrogen-bond acceptors (Lipinski definition) is 5. The molecule has 134 valence electrons. The van der Waals surface area contributed by atoms with Gasteiger partial charge in [-0.15, -0.1) is 0 Å². The lowest BCUT2D eigenvalue weighted by Gasteiger charge is -2.32. The minimum absolute atomic E-state index is 0.00396. The van der Waals surface area contributed by atoms with E-state index < -0.39 is 35.9 Å². The molecule has 1 atom stereocenters. The number of esters is 1. The number of rotatable bonds is 5. The molecule has 0 aliphatic carbocycles. The van der Waals surface area contributed by atoms with Crippen LogP contribution in [0.4, 0.5) is 4.39 Å². The van der Waals surface area contributed by atoms with E-state index in [0.717, 1.165) is 0 Å². The van der Waals surface area contributed by atoms with Gasteiger partial charge in [-0.3, -0.25) is 4.79 Å². The van der Waals surface area contributed by atoms with Crippen molar-refractivity contribution < 1.29 is 23.2 Å². The summed E-state index contributed by atoms with van der Waals surface area (Å²) in [5, 5.41) is 8.90. The van der Waals surface area contributed by atoms with Gasteiger partial charge in [-0.1, -0.05) is 6.07 Å². The summed E-state index contributed by atoms with van der Waals surface area (Å²) in [6.07, 6.45) is -0.00396. The van der Waals surface area contributed by atoms with E-state index in [-0.39, 0.29) is 18.6 Å². The highest BCUT2D eigenvalue weighted by molar-refractivity contribution is 6.48. The van der Waals surface area contributed by atoms with Crippen LogP contribution in [0, 0.1) is 17.1 Å². The topological polar surface area (TPSA) is 68.6 Å². The molecule has 0 saturated carbocycles. The largest absolute Gasteiger partial charge is 0.466 e. The summed E-state index contributed by atoms with van der Waals surface area (Å²) in [5.74, 6) is -1.58. The van der Waals surface area contributed by atoms with Crippen molar-refractivity contribution in [3.05, 3.63) is 35.1 Å². The summed E-state index contributed by atoms with van der Waals surface area (Å²) in [5.41, 5.74) is -0.665. The van der Waals surface area contributed by atoms with Crippen molar-refractivity contribution in [2.75, 3.05) is 6.61 Å². The number of nitriles is 1. The fourth-order valence-electron chi connectivity index (χ4n) is 2.68. The smallest absolute Gasteiger partial charge is 0.466 e. The Labute approximate surface area is 148 Å². The van der Waals surface area contributed by atoms with Gasteiger partial charge in [-0.05, 0) is 52.3 Å². The maximum Gasteiger partial charge on any atom is 0.466 e. The molecule has 7 heteroatoms. The van der Waals surface area contributed by atoms with Gasteiger partial charge in [-0.25, -0.2) is 4.39 Å². The standard InChI is InChI=1S/C18H23BFNO4/c1-6-23-16(22)10-14(12-7-8-13(11-21)15(20)9-12)19-24-17(2,3)18(4,5)25-19/h7-9,14H,6,10H2,1-5H3. The zero-order chi connectivity index (χ0) is 18.8. The molecule has 1 heterocycles. The molecule has 0 amide bonds. The van der Waals surface area contributed by atoms with Gasteiger partial charge in [0.15, 0.2) is 0 Å². The molecule has 1 aromatic rings. The number of carbonyl (C=O) groups excluding carboxylic acids is 1. The number of ether oxygens (including phenoxy) is 1. The van der Waals surface area contributed by atoms with Gasteiger partial charge in [0, 0.05) is 5.82 Å². The van der Waals surface area contributed by atoms with Crippen LogP contribution in [0.3, 0.4) is 0 Å². The highest BCUT2D eigenvalue weighted by Crippen LogP contribution is 2.42. The molecule has 2 rings (SSSR count). The maximum atomic E-state index is 14.1. The number of carbonyl (C=O) groups is 1. The maximum absolute atomic E-state index is 14.1. The Morgan fingerprint density at radius 3 is 2.40 bits per heavy atom. The van der Waals surface area contributed by atoms with E-state index in [9.17, 15) is 9.18 Å². The van der Waals surface area contributed by atoms with E-state index in [2.05, 4.69) is 0 Å². The van der Waals surface area contributed by atoms with Crippen LogP contribution in [-0.2, 0) is 18.8 Å². The molecule has 1 fully saturated rings. The van der Waals surface area contributed by atoms with Crippen molar-refractivity contribution in [3.63, 3.8) is 0 Å². The van der Waals surface area contributed by atoms with Crippen LogP contribution in [0.2, 0.25) is 0 Å². The first-order valence-corrected chi connectivity index (χ1v) is 8.32. The van der Waals surface area contributed by atoms with Crippen molar-refractivity contribution in [2.45, 2.75) is 58.1 Å². The molecule has 25 heavy (non-hydrogen) atoms. The summed E-state index contributed by atoms with van der Waals surface area (Å²) in [6.45, 7) is 9.63. The molecule has 0 spiro atoms. The molecule has 1 saturated heterocycles. The van der Waals surface area contributed by atoms with E-state index >= 15 is 0 Å². The van der Waals surface area contributed by atoms with Crippen LogP contribution in [-0.4, -0.2) is 30.9 Å². The third-order valence-corrected chi connectivity index (χ3v) is 4.83. The summed E-state index contributed by atoms with van der Waals surface area (Å²) in [7, 11) is -0.721. The van der Waals surface area contributed by atoms with Crippen LogP contribution >= 0.6 is 0 Å². The fraction of sp³-hybridized carbons (Fsp3) is 0.556. The monoisotopic (exact) mass is 347 g/mol. The SMILES string of the molecule is CCOC(=O)CC(B1OC(C)(C)C(C)(C)O1)c1ccc(C#N)c(F)c1. The van der Waals surface area contributed by atoms with Crippen LogP contribution in [0.1, 0.15) is 58.0 Å². The van der Waals surface area contributed by atoms with Gasteiger partial charge in [0.25, 0.3) is 0 Å². The Morgan fingerprint density at radius 2 is 1.92 bits per heavy atom. The van der Waals surface area contributed by atoms with Crippen molar-refractivity contribution >= 4 is 13.1 Å². The second kappa shape index (κ2) is 7.15. The summed E-state index contributed by atoms with van der Waals surface area (Å²) >= 11 is 0. The minimum Gasteiger partial charge on any atom is -0.466 e. The second-order valence-corrected chi connectivity index (χ2v) is 7.09. The predicted octanol–water partition coefficient (Wildman–Crippen LogP) is 3.37. The summed E-state index contributed by atoms with van der Waals surface area (Å²) in [4.78, 5) is 12.0. The van der Waals surface area contributed by atoms with Gasteiger partial charge >= 0.3 is 13.1 Å². The van der Waals surface area contributed by atoms with Crippen LogP contribution in [0.15, 0.2) is 18.2 Å². The molecular weight excluding hydrogens is 324 g/mol. The first-order valence-electron chi connectivity index (χ1n) is 8.32. The van der Waals surface area contributed by atoms with Crippen molar-refractivity contribution in [1.29, 1.82) is 5.26 Å². The Morgan fingerprint density at radius 1 is 1.32 bits per heavy atom. The summed E-state index contributed by atoms with van der Waals surface area (Å²) < 4.78 is 31.2. The molecular formula is C18H23BFNO4. The van der Waals surface area contributed by atoms with Crippen molar-refractivity contribution in [1.82, 2.24) is 0 Å². The number of benzene rings is 1. The Balaban J connectivity index is 2.36. The lowest BCUT2D eigenvalue weighted by Crippen LogP contribution is -2.41. The van der Waals surface area contributed by atoms with Gasteiger partial charge in [-0.2, -0.15) is 5.26 Å². The Kier molecular flexibility index (Phi) is 5.55. The second-order valence-electron chi connectivity index (χ2n) is 7.09. The summed E-state index contributed by atoms with van der Waals surface area (Å²) in [6, 6.07) is 6.06. The van der Waals surface area contributed by atoms with E-state index in [1.807, 2.05) is 27.7 Å². The third kappa shape index (κ3) is 4.02. The van der Waals surface area contributed by atoms with Gasteiger partial charge in [0.2, 0.25) is 0 Å². The molecule has 0 N–H and O–H groups in total. The normalized spacial score (nSPS) is 19.3. The zero-order valence-electron chi connectivity index (χ0n) is 15.3. The van der Waals surface area contributed by atoms with Crippen molar-refractivity contribution in [2.24, 2.45) is 0 Å². The first-order chi connectivity index (χ1) is 11.6. The molecule has 1 aromatic carbocycles. The first kappa shape index (κ1) is 19.4. The van der Waals surface area contributed by atoms with E-state index in [4.69, 9.17) is 19.3 Å². The molecule has 1 unspecified atom stereocenters. The quantitative estimate of drug-likeness (QED) is 0.603. The number of hydrogen-bond donors (Lipinski definition) is 0. The number of nitrogens with zero attached hydrogens (tertiary/aromatic N) is 1. The average molecular weight is 347 g/mol. The van der Waals surface area contributed by atoms with Gasteiger partial charge in [0.1, 0.15) is 11.9 Å². The average Bonchev–Trinajstić information content (AvgIpc) is 2.73. The minimum atomic E-state index is -0.721. The van der Waals surface area contributed by atoms with E-state index in [1.165, 1.54) is 12.1 Å². The third-order valence-electron chi connectivity index (χ3n) is 4.83. The number of halogens is 1. The zero-order valence-corrected chi connectivity index (χ0v) is 15.3. The van der Waals surface area contributed by atoms with Crippen molar-refractivity contribution in [3.8, 4) is 6.07 Å². The van der Waals surface area contributed by atoms with E-state index in [0.29, 0.717) is 5.56 Å². The molecule has 0 radical (unpaired) electrons. The Hall–Kier alpha value is -1.91. The fourth-order valence-corrected chi connectivity index (χ4v) is 2.68. The molecule has 0 bridgehead atoms. The van der Waals surface area contributed by atoms with E-state index in [1.54, 1.807) is 19.1 Å². The van der Waals surface area contributed by atoms with Crippen LogP contribution in [0.25, 0.3) is 0 Å². The van der Waals surface area contributed by atoms with Crippen LogP contribution < -0.4 is 0 Å². The van der Waals surface area contributed by atoms with Gasteiger partial charge < -0.3 is 14.0 Å². The highest BCUT2D eigenvalue weighted by atomic mass is 19.1.